The molecule has 2 nitrogen and oxygen atoms in total. The highest BCUT2D eigenvalue weighted by Crippen LogP contribution is 2.31. The summed E-state index contributed by atoms with van der Waals surface area (Å²) in [5.74, 6) is -1.34. The molecule has 3 rings (SSSR count). The van der Waals surface area contributed by atoms with E-state index >= 15 is 0 Å². The average molecular weight is 446 g/mol. The number of ether oxygens (including phenoxy) is 2. The van der Waals surface area contributed by atoms with Gasteiger partial charge in [0.05, 0.1) is 6.61 Å². The van der Waals surface area contributed by atoms with Gasteiger partial charge in [0.1, 0.15) is 11.6 Å². The molecule has 0 bridgehead atoms. The molecule has 0 fully saturated rings. The van der Waals surface area contributed by atoms with E-state index in [1.807, 2.05) is 24.3 Å². The smallest absolute Gasteiger partial charge is 0.387 e. The zero-order chi connectivity index (χ0) is 22.9. The normalized spacial score (nSPS) is 11.1. The van der Waals surface area contributed by atoms with Crippen molar-refractivity contribution in [2.45, 2.75) is 45.6 Å². The molecule has 0 saturated heterocycles. The molecule has 0 spiro atoms. The molecule has 0 aliphatic rings. The Balaban J connectivity index is 1.65. The lowest BCUT2D eigenvalue weighted by Gasteiger charge is -2.10. The van der Waals surface area contributed by atoms with Crippen LogP contribution in [-0.2, 0) is 0 Å². The Labute approximate surface area is 185 Å². The van der Waals surface area contributed by atoms with Crippen molar-refractivity contribution >= 4 is 0 Å². The Morgan fingerprint density at radius 3 is 2.03 bits per heavy atom. The van der Waals surface area contributed by atoms with Crippen LogP contribution in [-0.4, -0.2) is 13.2 Å². The van der Waals surface area contributed by atoms with Crippen molar-refractivity contribution in [1.29, 1.82) is 0 Å². The largest absolute Gasteiger partial charge is 0.494 e. The highest BCUT2D eigenvalue weighted by Gasteiger charge is 2.13. The number of halogens is 4. The van der Waals surface area contributed by atoms with Gasteiger partial charge in [0, 0.05) is 5.56 Å². The summed E-state index contributed by atoms with van der Waals surface area (Å²) in [5.41, 5.74) is 1.88. The molecule has 0 radical (unpaired) electrons. The lowest BCUT2D eigenvalue weighted by Crippen LogP contribution is -2.03. The zero-order valence-corrected chi connectivity index (χ0v) is 17.9. The Kier molecular flexibility index (Phi) is 8.54. The molecular formula is C26H26F4O2. The number of alkyl halides is 2. The number of hydrogen-bond acceptors (Lipinski definition) is 2. The minimum absolute atomic E-state index is 0.166. The first-order valence-corrected chi connectivity index (χ1v) is 10.8. The summed E-state index contributed by atoms with van der Waals surface area (Å²) in [6.07, 6.45) is 5.86. The third kappa shape index (κ3) is 6.49. The molecule has 0 heterocycles. The Hall–Kier alpha value is -3.02. The predicted molar refractivity (Wildman–Crippen MR) is 118 cm³/mol. The van der Waals surface area contributed by atoms with E-state index in [0.29, 0.717) is 12.2 Å². The maximum Gasteiger partial charge on any atom is 0.387 e. The van der Waals surface area contributed by atoms with E-state index in [2.05, 4.69) is 11.7 Å². The first-order chi connectivity index (χ1) is 15.5. The van der Waals surface area contributed by atoms with Crippen LogP contribution in [0.4, 0.5) is 17.6 Å². The minimum atomic E-state index is -3.13. The minimum Gasteiger partial charge on any atom is -0.494 e. The van der Waals surface area contributed by atoms with E-state index in [0.717, 1.165) is 36.3 Å². The topological polar surface area (TPSA) is 18.5 Å². The molecule has 32 heavy (non-hydrogen) atoms. The maximum atomic E-state index is 14.7. The summed E-state index contributed by atoms with van der Waals surface area (Å²) in [4.78, 5) is 0. The summed E-state index contributed by atoms with van der Waals surface area (Å²) in [7, 11) is 0. The van der Waals surface area contributed by atoms with Crippen LogP contribution in [0, 0.1) is 11.6 Å². The Morgan fingerprint density at radius 1 is 0.719 bits per heavy atom. The molecule has 170 valence electrons. The highest BCUT2D eigenvalue weighted by molar-refractivity contribution is 5.71. The van der Waals surface area contributed by atoms with Crippen LogP contribution >= 0.6 is 0 Å². The molecule has 3 aromatic carbocycles. The number of unbranched alkanes of at least 4 members (excludes halogenated alkanes) is 4. The molecule has 0 aliphatic carbocycles. The SMILES string of the molecule is CCCCCCCOc1ccc(-c2ccc(-c3ccc(OC(F)F)c(F)c3)c(F)c2)cc1. The maximum absolute atomic E-state index is 14.7. The second kappa shape index (κ2) is 11.6. The van der Waals surface area contributed by atoms with Gasteiger partial charge in [-0.05, 0) is 53.4 Å². The number of hydrogen-bond donors (Lipinski definition) is 0. The van der Waals surface area contributed by atoms with Gasteiger partial charge in [-0.2, -0.15) is 8.78 Å². The summed E-state index contributed by atoms with van der Waals surface area (Å²) >= 11 is 0. The van der Waals surface area contributed by atoms with Crippen molar-refractivity contribution in [3.8, 4) is 33.8 Å². The standard InChI is InChI=1S/C26H26F4O2/c1-2-3-4-5-6-15-31-21-11-7-18(8-12-21)19-9-13-22(23(27)16-19)20-10-14-25(24(28)17-20)32-26(29)30/h7-14,16-17,26H,2-6,15H2,1H3. The molecule has 0 N–H and O–H groups in total. The lowest BCUT2D eigenvalue weighted by atomic mass is 9.99. The van der Waals surface area contributed by atoms with E-state index in [4.69, 9.17) is 4.74 Å². The zero-order valence-electron chi connectivity index (χ0n) is 17.9. The van der Waals surface area contributed by atoms with Gasteiger partial charge >= 0.3 is 6.61 Å². The molecule has 0 saturated carbocycles. The molecule has 0 amide bonds. The van der Waals surface area contributed by atoms with Gasteiger partial charge in [-0.1, -0.05) is 62.9 Å². The van der Waals surface area contributed by atoms with Crippen molar-refractivity contribution in [2.75, 3.05) is 6.61 Å². The third-order valence-corrected chi connectivity index (χ3v) is 5.13. The molecule has 0 atom stereocenters. The fourth-order valence-corrected chi connectivity index (χ4v) is 3.43. The van der Waals surface area contributed by atoms with E-state index in [-0.39, 0.29) is 11.1 Å². The first kappa shape index (κ1) is 23.6. The summed E-state index contributed by atoms with van der Waals surface area (Å²) in [6, 6.07) is 15.4. The van der Waals surface area contributed by atoms with E-state index < -0.39 is 24.0 Å². The van der Waals surface area contributed by atoms with E-state index in [1.165, 1.54) is 37.5 Å². The summed E-state index contributed by atoms with van der Waals surface area (Å²) in [5, 5.41) is 0. The molecular weight excluding hydrogens is 420 g/mol. The fraction of sp³-hybridized carbons (Fsp3) is 0.308. The van der Waals surface area contributed by atoms with Crippen LogP contribution < -0.4 is 9.47 Å². The second-order valence-corrected chi connectivity index (χ2v) is 7.51. The second-order valence-electron chi connectivity index (χ2n) is 7.51. The van der Waals surface area contributed by atoms with Crippen molar-refractivity contribution in [2.24, 2.45) is 0 Å². The molecule has 0 unspecified atom stereocenters. The monoisotopic (exact) mass is 446 g/mol. The third-order valence-electron chi connectivity index (χ3n) is 5.13. The van der Waals surface area contributed by atoms with Gasteiger partial charge in [0.25, 0.3) is 0 Å². The van der Waals surface area contributed by atoms with Crippen molar-refractivity contribution in [1.82, 2.24) is 0 Å². The van der Waals surface area contributed by atoms with Crippen molar-refractivity contribution < 1.29 is 27.0 Å². The van der Waals surface area contributed by atoms with Crippen molar-refractivity contribution in [3.05, 3.63) is 72.3 Å². The Bertz CT molecular complexity index is 1000. The lowest BCUT2D eigenvalue weighted by molar-refractivity contribution is -0.0521. The first-order valence-electron chi connectivity index (χ1n) is 10.8. The quantitative estimate of drug-likeness (QED) is 0.218. The van der Waals surface area contributed by atoms with Crippen LogP contribution in [0.5, 0.6) is 11.5 Å². The average Bonchev–Trinajstić information content (AvgIpc) is 2.78. The van der Waals surface area contributed by atoms with Crippen LogP contribution in [0.15, 0.2) is 60.7 Å². The number of rotatable bonds is 11. The van der Waals surface area contributed by atoms with E-state index in [9.17, 15) is 17.6 Å². The Morgan fingerprint density at radius 2 is 1.38 bits per heavy atom. The molecule has 3 aromatic rings. The van der Waals surface area contributed by atoms with Crippen LogP contribution in [0.3, 0.4) is 0 Å². The predicted octanol–water partition coefficient (Wildman–Crippen LogP) is 8.25. The van der Waals surface area contributed by atoms with Gasteiger partial charge in [0.15, 0.2) is 11.6 Å². The summed E-state index contributed by atoms with van der Waals surface area (Å²) in [6.45, 7) is -0.276. The van der Waals surface area contributed by atoms with Crippen molar-refractivity contribution in [3.63, 3.8) is 0 Å². The summed E-state index contributed by atoms with van der Waals surface area (Å²) < 4.78 is 63.1. The van der Waals surface area contributed by atoms with Gasteiger partial charge < -0.3 is 9.47 Å². The van der Waals surface area contributed by atoms with Crippen LogP contribution in [0.2, 0.25) is 0 Å². The van der Waals surface area contributed by atoms with Gasteiger partial charge in [0.2, 0.25) is 0 Å². The molecule has 6 heteroatoms. The highest BCUT2D eigenvalue weighted by atomic mass is 19.3. The van der Waals surface area contributed by atoms with Crippen LogP contribution in [0.25, 0.3) is 22.3 Å². The molecule has 0 aliphatic heterocycles. The van der Waals surface area contributed by atoms with Gasteiger partial charge in [-0.3, -0.25) is 0 Å². The van der Waals surface area contributed by atoms with Gasteiger partial charge in [-0.15, -0.1) is 0 Å². The molecule has 0 aromatic heterocycles. The van der Waals surface area contributed by atoms with Gasteiger partial charge in [-0.25, -0.2) is 8.78 Å². The fourth-order valence-electron chi connectivity index (χ4n) is 3.43. The van der Waals surface area contributed by atoms with Crippen LogP contribution in [0.1, 0.15) is 39.0 Å². The van der Waals surface area contributed by atoms with E-state index in [1.54, 1.807) is 6.07 Å². The number of benzene rings is 3.